The quantitative estimate of drug-likeness (QED) is 0.546. The molecule has 5 rings (SSSR count). The van der Waals surface area contributed by atoms with Gasteiger partial charge >= 0.3 is 0 Å². The van der Waals surface area contributed by atoms with Crippen LogP contribution < -0.4 is 19.9 Å². The maximum atomic E-state index is 6.08. The highest BCUT2D eigenvalue weighted by Gasteiger charge is 2.17. The summed E-state index contributed by atoms with van der Waals surface area (Å²) in [6, 6.07) is 17.2. The van der Waals surface area contributed by atoms with E-state index in [4.69, 9.17) is 9.47 Å². The molecule has 1 atom stereocenters. The Balaban J connectivity index is 1.39. The van der Waals surface area contributed by atoms with Crippen molar-refractivity contribution in [3.63, 3.8) is 0 Å². The van der Waals surface area contributed by atoms with Gasteiger partial charge in [0.15, 0.2) is 11.5 Å². The lowest BCUT2D eigenvalue weighted by molar-refractivity contribution is 0.262. The normalized spacial score (nSPS) is 16.2. The molecule has 32 heavy (non-hydrogen) atoms. The zero-order valence-electron chi connectivity index (χ0n) is 19.4. The molecular formula is C30H32O2. The number of hydrogen-bond donors (Lipinski definition) is 0. The lowest BCUT2D eigenvalue weighted by Crippen LogP contribution is -2.24. The van der Waals surface area contributed by atoms with Gasteiger partial charge in [-0.05, 0) is 108 Å². The number of ether oxygens (including phenoxy) is 2. The standard InChI is InChI=1S/C30H32O2/c1-4-31-29-7-5-6-8-30(29)32-18-17-22-10-13-25-23(19-22)11-14-28-26-12-9-20(2)21(3)24(26)15-16-27(25)28/h5-9,11-12,14-15,19,22H,4,10,13,16-18H2,1-3H3. The van der Waals surface area contributed by atoms with Crippen LogP contribution in [-0.4, -0.2) is 13.2 Å². The summed E-state index contributed by atoms with van der Waals surface area (Å²) in [6.07, 6.45) is 9.35. The van der Waals surface area contributed by atoms with Gasteiger partial charge in [0.05, 0.1) is 13.2 Å². The minimum Gasteiger partial charge on any atom is -0.490 e. The van der Waals surface area contributed by atoms with Crippen LogP contribution in [0.25, 0.3) is 12.2 Å². The molecular weight excluding hydrogens is 392 g/mol. The molecule has 0 radical (unpaired) electrons. The molecule has 2 nitrogen and oxygen atoms in total. The predicted molar refractivity (Wildman–Crippen MR) is 131 cm³/mol. The highest BCUT2D eigenvalue weighted by molar-refractivity contribution is 5.50. The fourth-order valence-electron chi connectivity index (χ4n) is 5.25. The van der Waals surface area contributed by atoms with Crippen molar-refractivity contribution in [3.8, 4) is 11.5 Å². The van der Waals surface area contributed by atoms with E-state index in [2.05, 4.69) is 50.3 Å². The molecule has 0 fully saturated rings. The largest absolute Gasteiger partial charge is 0.490 e. The molecule has 0 aromatic heterocycles. The van der Waals surface area contributed by atoms with Crippen molar-refractivity contribution in [2.75, 3.05) is 13.2 Å². The van der Waals surface area contributed by atoms with Gasteiger partial charge in [0.1, 0.15) is 0 Å². The summed E-state index contributed by atoms with van der Waals surface area (Å²) < 4.78 is 11.8. The van der Waals surface area contributed by atoms with Gasteiger partial charge in [-0.1, -0.05) is 48.6 Å². The summed E-state index contributed by atoms with van der Waals surface area (Å²) in [7, 11) is 0. The third-order valence-electron chi connectivity index (χ3n) is 7.13. The van der Waals surface area contributed by atoms with E-state index in [-0.39, 0.29) is 0 Å². The van der Waals surface area contributed by atoms with Gasteiger partial charge in [0.25, 0.3) is 0 Å². The van der Waals surface area contributed by atoms with E-state index in [1.54, 1.807) is 5.56 Å². The Kier molecular flexibility index (Phi) is 5.78. The summed E-state index contributed by atoms with van der Waals surface area (Å²) in [5.41, 5.74) is 5.89. The molecule has 3 aromatic rings. The molecule has 2 aliphatic rings. The minimum atomic E-state index is 0.560. The maximum absolute atomic E-state index is 6.08. The van der Waals surface area contributed by atoms with Gasteiger partial charge in [-0.2, -0.15) is 0 Å². The predicted octanol–water partition coefficient (Wildman–Crippen LogP) is 5.14. The molecule has 0 bridgehead atoms. The van der Waals surface area contributed by atoms with Crippen LogP contribution in [0.4, 0.5) is 0 Å². The van der Waals surface area contributed by atoms with E-state index in [1.165, 1.54) is 44.0 Å². The SMILES string of the molecule is CCOc1ccccc1OCCC1C=c2ccc3c(c2CC1)CC=c1c(C)c(C)ccc1=3. The first-order chi connectivity index (χ1) is 15.7. The fourth-order valence-corrected chi connectivity index (χ4v) is 5.25. The topological polar surface area (TPSA) is 18.5 Å². The van der Waals surface area contributed by atoms with Crippen molar-refractivity contribution in [1.82, 2.24) is 0 Å². The van der Waals surface area contributed by atoms with E-state index in [1.807, 2.05) is 31.2 Å². The molecule has 0 spiro atoms. The number of benzene rings is 3. The molecule has 2 heteroatoms. The molecule has 0 heterocycles. The molecule has 164 valence electrons. The Morgan fingerprint density at radius 1 is 0.875 bits per heavy atom. The van der Waals surface area contributed by atoms with Gasteiger partial charge in [-0.15, -0.1) is 0 Å². The van der Waals surface area contributed by atoms with Gasteiger partial charge in [0.2, 0.25) is 0 Å². The average Bonchev–Trinajstić information content (AvgIpc) is 2.82. The van der Waals surface area contributed by atoms with E-state index >= 15 is 0 Å². The molecule has 0 saturated heterocycles. The molecule has 3 aromatic carbocycles. The van der Waals surface area contributed by atoms with Crippen LogP contribution in [0.1, 0.15) is 42.0 Å². The van der Waals surface area contributed by atoms with Crippen molar-refractivity contribution in [2.24, 2.45) is 5.92 Å². The van der Waals surface area contributed by atoms with Crippen LogP contribution in [0.3, 0.4) is 0 Å². The van der Waals surface area contributed by atoms with E-state index in [0.717, 1.165) is 30.8 Å². The highest BCUT2D eigenvalue weighted by Crippen LogP contribution is 2.28. The zero-order valence-corrected chi connectivity index (χ0v) is 19.4. The number of aryl methyl sites for hydroxylation is 1. The van der Waals surface area contributed by atoms with E-state index in [0.29, 0.717) is 19.1 Å². The van der Waals surface area contributed by atoms with Gasteiger partial charge in [-0.25, -0.2) is 0 Å². The van der Waals surface area contributed by atoms with Crippen LogP contribution in [0.15, 0.2) is 48.5 Å². The van der Waals surface area contributed by atoms with Gasteiger partial charge in [0, 0.05) is 0 Å². The second kappa shape index (κ2) is 8.86. The van der Waals surface area contributed by atoms with Gasteiger partial charge in [-0.3, -0.25) is 0 Å². The van der Waals surface area contributed by atoms with Crippen molar-refractivity contribution >= 4 is 12.2 Å². The number of rotatable bonds is 6. The summed E-state index contributed by atoms with van der Waals surface area (Å²) in [5, 5.41) is 5.70. The maximum Gasteiger partial charge on any atom is 0.161 e. The van der Waals surface area contributed by atoms with Crippen LogP contribution in [0.2, 0.25) is 0 Å². The molecule has 1 unspecified atom stereocenters. The van der Waals surface area contributed by atoms with E-state index in [9.17, 15) is 0 Å². The Morgan fingerprint density at radius 2 is 1.66 bits per heavy atom. The lowest BCUT2D eigenvalue weighted by atomic mass is 9.84. The first-order valence-electron chi connectivity index (χ1n) is 11.9. The average molecular weight is 425 g/mol. The molecule has 2 aliphatic carbocycles. The monoisotopic (exact) mass is 424 g/mol. The molecule has 0 amide bonds. The van der Waals surface area contributed by atoms with Crippen molar-refractivity contribution < 1.29 is 9.47 Å². The fraction of sp³-hybridized carbons (Fsp3) is 0.333. The van der Waals surface area contributed by atoms with Crippen LogP contribution in [0.5, 0.6) is 11.5 Å². The third kappa shape index (κ3) is 3.83. The third-order valence-corrected chi connectivity index (χ3v) is 7.13. The number of fused-ring (bicyclic) bond motifs is 4. The van der Waals surface area contributed by atoms with Crippen molar-refractivity contribution in [3.05, 3.63) is 91.7 Å². The Hall–Kier alpha value is -3.00. The highest BCUT2D eigenvalue weighted by atomic mass is 16.5. The lowest BCUT2D eigenvalue weighted by Gasteiger charge is -2.22. The smallest absolute Gasteiger partial charge is 0.161 e. The Morgan fingerprint density at radius 3 is 2.47 bits per heavy atom. The van der Waals surface area contributed by atoms with Crippen molar-refractivity contribution in [1.29, 1.82) is 0 Å². The second-order valence-corrected chi connectivity index (χ2v) is 9.02. The van der Waals surface area contributed by atoms with Crippen LogP contribution in [-0.2, 0) is 12.8 Å². The summed E-state index contributed by atoms with van der Waals surface area (Å²) in [5.74, 6) is 2.24. The summed E-state index contributed by atoms with van der Waals surface area (Å²) in [4.78, 5) is 0. The second-order valence-electron chi connectivity index (χ2n) is 9.02. The van der Waals surface area contributed by atoms with Crippen molar-refractivity contribution in [2.45, 2.75) is 46.5 Å². The molecule has 0 aliphatic heterocycles. The minimum absolute atomic E-state index is 0.560. The zero-order chi connectivity index (χ0) is 22.1. The first-order valence-corrected chi connectivity index (χ1v) is 11.9. The molecule has 0 saturated carbocycles. The number of para-hydroxylation sites is 2. The first kappa shape index (κ1) is 20.9. The Bertz CT molecular complexity index is 1370. The molecule has 0 N–H and O–H groups in total. The number of hydrogen-bond acceptors (Lipinski definition) is 2. The van der Waals surface area contributed by atoms with Gasteiger partial charge < -0.3 is 9.47 Å². The van der Waals surface area contributed by atoms with Crippen LogP contribution in [0, 0.1) is 30.2 Å². The van der Waals surface area contributed by atoms with Crippen LogP contribution >= 0.6 is 0 Å². The summed E-state index contributed by atoms with van der Waals surface area (Å²) >= 11 is 0. The summed E-state index contributed by atoms with van der Waals surface area (Å²) in [6.45, 7) is 7.83. The van der Waals surface area contributed by atoms with E-state index < -0.39 is 0 Å². The Labute approximate surface area is 190 Å².